The van der Waals surface area contributed by atoms with Crippen LogP contribution in [0.4, 0.5) is 15.8 Å². The average Bonchev–Trinajstić information content (AvgIpc) is 3.33. The fourth-order valence-electron chi connectivity index (χ4n) is 3.58. The molecule has 170 valence electrons. The molecule has 4 aromatic rings. The Balaban J connectivity index is 1.36. The number of hydrogen-bond acceptors (Lipinski definition) is 6. The Morgan fingerprint density at radius 1 is 0.941 bits per heavy atom. The number of aromatic nitrogens is 1. The quantitative estimate of drug-likeness (QED) is 0.452. The lowest BCUT2D eigenvalue weighted by atomic mass is 10.1. The molecule has 2 N–H and O–H groups in total. The van der Waals surface area contributed by atoms with Crippen molar-refractivity contribution in [2.75, 3.05) is 24.5 Å². The van der Waals surface area contributed by atoms with Gasteiger partial charge in [0.2, 0.25) is 6.79 Å². The molecule has 1 aliphatic rings. The van der Waals surface area contributed by atoms with E-state index in [0.29, 0.717) is 45.0 Å². The van der Waals surface area contributed by atoms with Gasteiger partial charge in [-0.3, -0.25) is 14.6 Å². The minimum absolute atomic E-state index is 0.0769. The average molecular weight is 459 g/mol. The third kappa shape index (κ3) is 4.06. The van der Waals surface area contributed by atoms with E-state index in [4.69, 9.17) is 14.2 Å². The number of hydrogen-bond donors (Lipinski definition) is 2. The highest BCUT2D eigenvalue weighted by Gasteiger charge is 2.18. The highest BCUT2D eigenvalue weighted by Crippen LogP contribution is 2.33. The minimum atomic E-state index is -0.644. The fourth-order valence-corrected chi connectivity index (χ4v) is 3.58. The summed E-state index contributed by atoms with van der Waals surface area (Å²) in [4.78, 5) is 29.9. The monoisotopic (exact) mass is 459 g/mol. The predicted molar refractivity (Wildman–Crippen MR) is 123 cm³/mol. The number of nitrogens with one attached hydrogen (secondary N) is 2. The molecule has 0 aliphatic carbocycles. The van der Waals surface area contributed by atoms with Crippen molar-refractivity contribution in [1.82, 2.24) is 4.98 Å². The largest absolute Gasteiger partial charge is 0.497 e. The number of carbonyl (C=O) groups excluding carboxylic acids is 2. The number of fused-ring (bicyclic) bond motifs is 2. The summed E-state index contributed by atoms with van der Waals surface area (Å²) >= 11 is 0. The standard InChI is InChI=1S/C25H18FN3O5/c1-32-16-4-5-17-18(8-9-27-20(17)12-16)25(31)29-21-11-15(3-6-19(21)26)28-24(30)14-2-7-22-23(10-14)34-13-33-22/h2-12H,13H2,1H3,(H,28,30)(H,29,31). The van der Waals surface area contributed by atoms with Gasteiger partial charge < -0.3 is 24.8 Å². The van der Waals surface area contributed by atoms with Gasteiger partial charge in [0.05, 0.1) is 23.9 Å². The molecular weight excluding hydrogens is 441 g/mol. The van der Waals surface area contributed by atoms with Crippen molar-refractivity contribution >= 4 is 34.1 Å². The maximum atomic E-state index is 14.5. The first-order chi connectivity index (χ1) is 16.5. The number of benzene rings is 3. The van der Waals surface area contributed by atoms with Gasteiger partial charge in [-0.2, -0.15) is 0 Å². The Hall–Kier alpha value is -4.66. The molecule has 2 heterocycles. The van der Waals surface area contributed by atoms with Crippen molar-refractivity contribution in [3.8, 4) is 17.2 Å². The summed E-state index contributed by atoms with van der Waals surface area (Å²) in [6.45, 7) is 0.0989. The van der Waals surface area contributed by atoms with E-state index in [2.05, 4.69) is 15.6 Å². The molecule has 0 saturated carbocycles. The second kappa shape index (κ2) is 8.70. The van der Waals surface area contributed by atoms with E-state index in [1.807, 2.05) is 0 Å². The lowest BCUT2D eigenvalue weighted by Gasteiger charge is -2.12. The molecule has 9 heteroatoms. The van der Waals surface area contributed by atoms with E-state index in [0.717, 1.165) is 0 Å². The molecule has 0 radical (unpaired) electrons. The molecule has 0 saturated heterocycles. The van der Waals surface area contributed by atoms with Crippen LogP contribution in [0.5, 0.6) is 17.2 Å². The van der Waals surface area contributed by atoms with Crippen molar-refractivity contribution in [3.63, 3.8) is 0 Å². The predicted octanol–water partition coefficient (Wildman–Crippen LogP) is 4.62. The Morgan fingerprint density at radius 2 is 1.79 bits per heavy atom. The van der Waals surface area contributed by atoms with Crippen LogP contribution in [0, 0.1) is 5.82 Å². The summed E-state index contributed by atoms with van der Waals surface area (Å²) in [5.41, 5.74) is 1.47. The number of anilines is 2. The van der Waals surface area contributed by atoms with Crippen LogP contribution >= 0.6 is 0 Å². The zero-order valence-electron chi connectivity index (χ0n) is 17.9. The molecule has 0 spiro atoms. The van der Waals surface area contributed by atoms with Crippen molar-refractivity contribution < 1.29 is 28.2 Å². The fraction of sp³-hybridized carbons (Fsp3) is 0.0800. The van der Waals surface area contributed by atoms with Crippen LogP contribution in [0.15, 0.2) is 66.9 Å². The second-order valence-corrected chi connectivity index (χ2v) is 7.41. The van der Waals surface area contributed by atoms with Gasteiger partial charge >= 0.3 is 0 Å². The minimum Gasteiger partial charge on any atom is -0.497 e. The van der Waals surface area contributed by atoms with Crippen molar-refractivity contribution in [3.05, 3.63) is 83.8 Å². The van der Waals surface area contributed by atoms with Gasteiger partial charge in [0.15, 0.2) is 11.5 Å². The lowest BCUT2D eigenvalue weighted by Crippen LogP contribution is -2.15. The number of methoxy groups -OCH3 is 1. The van der Waals surface area contributed by atoms with Crippen LogP contribution in [0.1, 0.15) is 20.7 Å². The molecule has 1 aromatic heterocycles. The summed E-state index contributed by atoms with van der Waals surface area (Å²) in [5, 5.41) is 5.86. The summed E-state index contributed by atoms with van der Waals surface area (Å²) in [6, 6.07) is 15.4. The first-order valence-electron chi connectivity index (χ1n) is 10.3. The number of nitrogens with zero attached hydrogens (tertiary/aromatic N) is 1. The maximum absolute atomic E-state index is 14.5. The number of carbonyl (C=O) groups is 2. The topological polar surface area (TPSA) is 98.8 Å². The number of rotatable bonds is 5. The van der Waals surface area contributed by atoms with Gasteiger partial charge in [0, 0.05) is 28.9 Å². The third-order valence-electron chi connectivity index (χ3n) is 5.30. The van der Waals surface area contributed by atoms with Gasteiger partial charge in [-0.15, -0.1) is 0 Å². The van der Waals surface area contributed by atoms with Crippen molar-refractivity contribution in [2.24, 2.45) is 0 Å². The molecule has 0 atom stereocenters. The van der Waals surface area contributed by atoms with Gasteiger partial charge in [-0.1, -0.05) is 0 Å². The Bertz CT molecular complexity index is 1440. The van der Waals surface area contributed by atoms with E-state index in [-0.39, 0.29) is 12.5 Å². The normalized spacial score (nSPS) is 11.8. The number of amides is 2. The first-order valence-corrected chi connectivity index (χ1v) is 10.3. The van der Waals surface area contributed by atoms with Crippen molar-refractivity contribution in [2.45, 2.75) is 0 Å². The molecule has 0 fully saturated rings. The Labute approximate surface area is 193 Å². The maximum Gasteiger partial charge on any atom is 0.256 e. The molecule has 5 rings (SSSR count). The molecule has 8 nitrogen and oxygen atoms in total. The summed E-state index contributed by atoms with van der Waals surface area (Å²) in [5.74, 6) is 0.0586. The highest BCUT2D eigenvalue weighted by molar-refractivity contribution is 6.12. The lowest BCUT2D eigenvalue weighted by molar-refractivity contribution is 0.102. The van der Waals surface area contributed by atoms with Crippen LogP contribution in [0.25, 0.3) is 10.9 Å². The summed E-state index contributed by atoms with van der Waals surface area (Å²) in [6.07, 6.45) is 1.50. The number of pyridine rings is 1. The van der Waals surface area contributed by atoms with Gasteiger partial charge in [-0.05, 0) is 54.6 Å². The number of halogens is 1. The summed E-state index contributed by atoms with van der Waals surface area (Å²) < 4.78 is 30.2. The van der Waals surface area contributed by atoms with Crippen molar-refractivity contribution in [1.29, 1.82) is 0 Å². The van der Waals surface area contributed by atoms with E-state index in [1.54, 1.807) is 49.6 Å². The van der Waals surface area contributed by atoms with Crippen LogP contribution in [0.3, 0.4) is 0 Å². The SMILES string of the molecule is COc1ccc2c(C(=O)Nc3cc(NC(=O)c4ccc5c(c4)OCO5)ccc3F)ccnc2c1. The molecule has 3 aromatic carbocycles. The van der Waals surface area contributed by atoms with E-state index >= 15 is 0 Å². The van der Waals surface area contributed by atoms with Crippen LogP contribution in [-0.2, 0) is 0 Å². The Kier molecular flexibility index (Phi) is 5.43. The molecule has 0 bridgehead atoms. The highest BCUT2D eigenvalue weighted by atomic mass is 19.1. The zero-order chi connectivity index (χ0) is 23.7. The van der Waals surface area contributed by atoms with Gasteiger partial charge in [-0.25, -0.2) is 4.39 Å². The van der Waals surface area contributed by atoms with Crippen LogP contribution < -0.4 is 24.8 Å². The third-order valence-corrected chi connectivity index (χ3v) is 5.30. The molecular formula is C25H18FN3O5. The van der Waals surface area contributed by atoms with E-state index in [9.17, 15) is 14.0 Å². The van der Waals surface area contributed by atoms with Crippen LogP contribution in [-0.4, -0.2) is 30.7 Å². The van der Waals surface area contributed by atoms with Gasteiger partial charge in [0.1, 0.15) is 11.6 Å². The summed E-state index contributed by atoms with van der Waals surface area (Å²) in [7, 11) is 1.54. The molecule has 2 amide bonds. The number of ether oxygens (including phenoxy) is 3. The zero-order valence-corrected chi connectivity index (χ0v) is 17.9. The van der Waals surface area contributed by atoms with Crippen LogP contribution in [0.2, 0.25) is 0 Å². The smallest absolute Gasteiger partial charge is 0.256 e. The second-order valence-electron chi connectivity index (χ2n) is 7.41. The molecule has 34 heavy (non-hydrogen) atoms. The van der Waals surface area contributed by atoms with E-state index < -0.39 is 17.6 Å². The van der Waals surface area contributed by atoms with E-state index in [1.165, 1.54) is 24.4 Å². The molecule has 0 unspecified atom stereocenters. The van der Waals surface area contributed by atoms with Gasteiger partial charge in [0.25, 0.3) is 11.8 Å². The molecule has 1 aliphatic heterocycles. The Morgan fingerprint density at radius 3 is 2.65 bits per heavy atom. The first kappa shape index (κ1) is 21.2.